The van der Waals surface area contributed by atoms with Gasteiger partial charge in [0.25, 0.3) is 0 Å². The van der Waals surface area contributed by atoms with Crippen LogP contribution in [0.2, 0.25) is 0 Å². The van der Waals surface area contributed by atoms with Crippen LogP contribution in [-0.4, -0.2) is 44.3 Å². The van der Waals surface area contributed by atoms with Gasteiger partial charge in [-0.05, 0) is 51.0 Å². The van der Waals surface area contributed by atoms with E-state index < -0.39 is 10.0 Å². The van der Waals surface area contributed by atoms with Crippen molar-refractivity contribution in [2.75, 3.05) is 18.4 Å². The molecule has 138 valence electrons. The summed E-state index contributed by atoms with van der Waals surface area (Å²) in [6.45, 7) is 6.22. The first-order valence-electron chi connectivity index (χ1n) is 8.38. The Labute approximate surface area is 148 Å². The maximum Gasteiger partial charge on any atom is 0.240 e. The summed E-state index contributed by atoms with van der Waals surface area (Å²) in [5.41, 5.74) is 0.558. The van der Waals surface area contributed by atoms with E-state index in [1.807, 2.05) is 0 Å². The van der Waals surface area contributed by atoms with Gasteiger partial charge in [0.15, 0.2) is 0 Å². The fourth-order valence-electron chi connectivity index (χ4n) is 2.80. The highest BCUT2D eigenvalue weighted by atomic mass is 32.2. The molecular formula is C17H25N3O4S. The molecule has 0 radical (unpaired) electrons. The van der Waals surface area contributed by atoms with Crippen molar-refractivity contribution in [1.82, 2.24) is 9.62 Å². The first-order chi connectivity index (χ1) is 11.7. The number of hydrogen-bond donors (Lipinski definition) is 2. The summed E-state index contributed by atoms with van der Waals surface area (Å²) in [6, 6.07) is 5.91. The second kappa shape index (κ2) is 7.97. The fourth-order valence-corrected chi connectivity index (χ4v) is 4.05. The molecule has 0 atom stereocenters. The summed E-state index contributed by atoms with van der Waals surface area (Å²) in [5.74, 6) is -0.202. The van der Waals surface area contributed by atoms with Crippen LogP contribution in [0.25, 0.3) is 0 Å². The highest BCUT2D eigenvalue weighted by Gasteiger charge is 2.26. The van der Waals surface area contributed by atoms with E-state index in [4.69, 9.17) is 0 Å². The molecule has 0 bridgehead atoms. The van der Waals surface area contributed by atoms with Crippen LogP contribution in [0.1, 0.15) is 33.6 Å². The summed E-state index contributed by atoms with van der Waals surface area (Å²) in [6.07, 6.45) is 1.27. The molecule has 0 unspecified atom stereocenters. The Kier molecular flexibility index (Phi) is 6.18. The molecule has 8 heteroatoms. The van der Waals surface area contributed by atoms with Crippen LogP contribution in [-0.2, 0) is 19.6 Å². The normalized spacial score (nSPS) is 16.1. The van der Waals surface area contributed by atoms with E-state index in [9.17, 15) is 18.0 Å². The minimum absolute atomic E-state index is 0.0330. The first-order valence-corrected chi connectivity index (χ1v) is 9.86. The smallest absolute Gasteiger partial charge is 0.240 e. The largest absolute Gasteiger partial charge is 0.343 e. The number of sulfonamides is 1. The molecule has 1 saturated heterocycles. The lowest BCUT2D eigenvalue weighted by Gasteiger charge is -2.30. The monoisotopic (exact) mass is 367 g/mol. The van der Waals surface area contributed by atoms with E-state index in [1.54, 1.807) is 30.9 Å². The Morgan fingerprint density at radius 3 is 2.16 bits per heavy atom. The quantitative estimate of drug-likeness (QED) is 0.826. The van der Waals surface area contributed by atoms with E-state index in [2.05, 4.69) is 10.0 Å². The lowest BCUT2D eigenvalue weighted by Crippen LogP contribution is -2.40. The Balaban J connectivity index is 1.95. The fraction of sp³-hybridized carbons (Fsp3) is 0.529. The SMILES string of the molecule is CC(=O)N1CCC(C(=O)Nc2ccc(S(=O)(=O)NC(C)C)cc2)CC1. The molecule has 2 N–H and O–H groups in total. The molecule has 1 aliphatic heterocycles. The zero-order valence-electron chi connectivity index (χ0n) is 14.8. The van der Waals surface area contributed by atoms with Gasteiger partial charge in [-0.1, -0.05) is 0 Å². The minimum atomic E-state index is -3.54. The molecule has 7 nitrogen and oxygen atoms in total. The standard InChI is InChI=1S/C17H25N3O4S/c1-12(2)19-25(23,24)16-6-4-15(5-7-16)18-17(22)14-8-10-20(11-9-14)13(3)21/h4-7,12,14,19H,8-11H2,1-3H3,(H,18,22). The highest BCUT2D eigenvalue weighted by molar-refractivity contribution is 7.89. The topological polar surface area (TPSA) is 95.6 Å². The number of nitrogens with zero attached hydrogens (tertiary/aromatic N) is 1. The van der Waals surface area contributed by atoms with Crippen molar-refractivity contribution in [3.63, 3.8) is 0 Å². The van der Waals surface area contributed by atoms with Crippen molar-refractivity contribution in [2.24, 2.45) is 5.92 Å². The number of hydrogen-bond acceptors (Lipinski definition) is 4. The molecule has 1 aromatic rings. The van der Waals surface area contributed by atoms with E-state index >= 15 is 0 Å². The Bertz CT molecular complexity index is 721. The third kappa shape index (κ3) is 5.27. The number of rotatable bonds is 5. The van der Waals surface area contributed by atoms with Crippen LogP contribution in [0.4, 0.5) is 5.69 Å². The number of likely N-dealkylation sites (tertiary alicyclic amines) is 1. The van der Waals surface area contributed by atoms with Crippen molar-refractivity contribution in [2.45, 2.75) is 44.6 Å². The summed E-state index contributed by atoms with van der Waals surface area (Å²) in [7, 11) is -3.54. The van der Waals surface area contributed by atoms with Gasteiger partial charge in [-0.2, -0.15) is 0 Å². The van der Waals surface area contributed by atoms with Gasteiger partial charge in [0.05, 0.1) is 4.90 Å². The highest BCUT2D eigenvalue weighted by Crippen LogP contribution is 2.20. The molecule has 0 spiro atoms. The molecular weight excluding hydrogens is 342 g/mol. The van der Waals surface area contributed by atoms with Crippen LogP contribution in [0.5, 0.6) is 0 Å². The average molecular weight is 367 g/mol. The Hall–Kier alpha value is -1.93. The van der Waals surface area contributed by atoms with Gasteiger partial charge in [0.2, 0.25) is 21.8 Å². The Morgan fingerprint density at radius 2 is 1.68 bits per heavy atom. The predicted octanol–water partition coefficient (Wildman–Crippen LogP) is 1.57. The maximum atomic E-state index is 12.3. The van der Waals surface area contributed by atoms with Gasteiger partial charge in [-0.3, -0.25) is 9.59 Å². The summed E-state index contributed by atoms with van der Waals surface area (Å²) < 4.78 is 26.7. The number of piperidine rings is 1. The predicted molar refractivity (Wildman–Crippen MR) is 95.5 cm³/mol. The van der Waals surface area contributed by atoms with Gasteiger partial charge in [0.1, 0.15) is 0 Å². The van der Waals surface area contributed by atoms with Gasteiger partial charge in [-0.25, -0.2) is 13.1 Å². The van der Waals surface area contributed by atoms with E-state index in [0.717, 1.165) is 0 Å². The summed E-state index contributed by atoms with van der Waals surface area (Å²) in [4.78, 5) is 25.5. The van der Waals surface area contributed by atoms with Crippen molar-refractivity contribution in [1.29, 1.82) is 0 Å². The van der Waals surface area contributed by atoms with Crippen molar-refractivity contribution in [3.05, 3.63) is 24.3 Å². The Morgan fingerprint density at radius 1 is 1.12 bits per heavy atom. The third-order valence-electron chi connectivity index (χ3n) is 4.13. The number of carbonyl (C=O) groups is 2. The zero-order valence-corrected chi connectivity index (χ0v) is 15.6. The molecule has 25 heavy (non-hydrogen) atoms. The van der Waals surface area contributed by atoms with E-state index in [0.29, 0.717) is 31.6 Å². The lowest BCUT2D eigenvalue weighted by molar-refractivity contribution is -0.132. The lowest BCUT2D eigenvalue weighted by atomic mass is 9.96. The van der Waals surface area contributed by atoms with Crippen LogP contribution < -0.4 is 10.0 Å². The first kappa shape index (κ1) is 19.4. The van der Waals surface area contributed by atoms with Gasteiger partial charge in [-0.15, -0.1) is 0 Å². The van der Waals surface area contributed by atoms with Crippen LogP contribution in [0, 0.1) is 5.92 Å². The third-order valence-corrected chi connectivity index (χ3v) is 5.81. The maximum absolute atomic E-state index is 12.3. The van der Waals surface area contributed by atoms with Crippen molar-refractivity contribution < 1.29 is 18.0 Å². The molecule has 0 aliphatic carbocycles. The molecule has 1 aromatic carbocycles. The molecule has 1 fully saturated rings. The number of anilines is 1. The molecule has 2 amide bonds. The van der Waals surface area contributed by atoms with Gasteiger partial charge >= 0.3 is 0 Å². The molecule has 0 saturated carbocycles. The number of nitrogens with one attached hydrogen (secondary N) is 2. The molecule has 1 heterocycles. The van der Waals surface area contributed by atoms with Crippen LogP contribution >= 0.6 is 0 Å². The summed E-state index contributed by atoms with van der Waals surface area (Å²) in [5, 5.41) is 2.82. The number of benzene rings is 1. The van der Waals surface area contributed by atoms with Crippen LogP contribution in [0.3, 0.4) is 0 Å². The average Bonchev–Trinajstić information content (AvgIpc) is 2.54. The number of amides is 2. The van der Waals surface area contributed by atoms with E-state index in [-0.39, 0.29) is 28.7 Å². The van der Waals surface area contributed by atoms with Crippen molar-refractivity contribution >= 4 is 27.5 Å². The van der Waals surface area contributed by atoms with Gasteiger partial charge < -0.3 is 10.2 Å². The second-order valence-corrected chi connectivity index (χ2v) is 8.28. The number of carbonyl (C=O) groups excluding carboxylic acids is 2. The van der Waals surface area contributed by atoms with Crippen LogP contribution in [0.15, 0.2) is 29.2 Å². The molecule has 2 rings (SSSR count). The van der Waals surface area contributed by atoms with E-state index in [1.165, 1.54) is 19.1 Å². The summed E-state index contributed by atoms with van der Waals surface area (Å²) >= 11 is 0. The van der Waals surface area contributed by atoms with Crippen molar-refractivity contribution in [3.8, 4) is 0 Å². The molecule has 0 aromatic heterocycles. The second-order valence-electron chi connectivity index (χ2n) is 6.57. The minimum Gasteiger partial charge on any atom is -0.343 e. The molecule has 1 aliphatic rings. The zero-order chi connectivity index (χ0) is 18.6. The van der Waals surface area contributed by atoms with Gasteiger partial charge in [0, 0.05) is 37.7 Å².